The van der Waals surface area contributed by atoms with Crippen LogP contribution in [0.1, 0.15) is 25.3 Å². The minimum Gasteiger partial charge on any atom is -0.396 e. The van der Waals surface area contributed by atoms with Crippen LogP contribution in [0, 0.1) is 17.2 Å². The molecule has 132 valence electrons. The summed E-state index contributed by atoms with van der Waals surface area (Å²) in [4.78, 5) is 15.8. The van der Waals surface area contributed by atoms with Crippen molar-refractivity contribution in [3.05, 3.63) is 34.6 Å². The van der Waals surface area contributed by atoms with Crippen molar-refractivity contribution in [1.29, 1.82) is 0 Å². The first-order valence-corrected chi connectivity index (χ1v) is 8.84. The maximum Gasteiger partial charge on any atom is 0.219 e. The number of likely N-dealkylation sites (tertiary alicyclic amines) is 2. The number of piperidine rings is 1. The summed E-state index contributed by atoms with van der Waals surface area (Å²) in [5, 5.41) is 9.90. The molecule has 4 nitrogen and oxygen atoms in total. The zero-order valence-corrected chi connectivity index (χ0v) is 14.7. The van der Waals surface area contributed by atoms with Gasteiger partial charge in [0.2, 0.25) is 5.91 Å². The molecule has 2 aliphatic heterocycles. The van der Waals surface area contributed by atoms with Crippen LogP contribution in [0.25, 0.3) is 0 Å². The summed E-state index contributed by atoms with van der Waals surface area (Å²) < 4.78 is 14.1. The molecule has 2 saturated heterocycles. The third-order valence-corrected chi connectivity index (χ3v) is 6.05. The Morgan fingerprint density at radius 1 is 1.42 bits per heavy atom. The zero-order chi connectivity index (χ0) is 17.3. The molecule has 0 aromatic heterocycles. The number of rotatable bonds is 3. The van der Waals surface area contributed by atoms with Gasteiger partial charge in [0.15, 0.2) is 0 Å². The van der Waals surface area contributed by atoms with Crippen molar-refractivity contribution < 1.29 is 14.3 Å². The van der Waals surface area contributed by atoms with Crippen LogP contribution in [0.3, 0.4) is 0 Å². The normalized spacial score (nSPS) is 23.8. The van der Waals surface area contributed by atoms with Gasteiger partial charge in [-0.25, -0.2) is 4.39 Å². The Morgan fingerprint density at radius 2 is 2.12 bits per heavy atom. The van der Waals surface area contributed by atoms with Crippen LogP contribution in [0.5, 0.6) is 0 Å². The van der Waals surface area contributed by atoms with E-state index in [0.717, 1.165) is 32.5 Å². The van der Waals surface area contributed by atoms with Crippen LogP contribution in [-0.4, -0.2) is 53.6 Å². The van der Waals surface area contributed by atoms with Gasteiger partial charge in [0, 0.05) is 44.6 Å². The summed E-state index contributed by atoms with van der Waals surface area (Å²) in [6, 6.07) is 5.11. The Bertz CT molecular complexity index is 617. The molecule has 2 aliphatic rings. The molecule has 1 aromatic rings. The molecule has 1 N–H and O–H groups in total. The van der Waals surface area contributed by atoms with Crippen LogP contribution in [0.15, 0.2) is 18.2 Å². The van der Waals surface area contributed by atoms with Crippen LogP contribution in [0.4, 0.5) is 4.39 Å². The topological polar surface area (TPSA) is 43.8 Å². The van der Waals surface area contributed by atoms with E-state index in [4.69, 9.17) is 11.6 Å². The average Bonchev–Trinajstić information content (AvgIpc) is 2.93. The summed E-state index contributed by atoms with van der Waals surface area (Å²) in [5.74, 6) is -0.114. The zero-order valence-electron chi connectivity index (χ0n) is 14.0. The predicted molar refractivity (Wildman–Crippen MR) is 91.2 cm³/mol. The molecular formula is C18H24ClFN2O2. The lowest BCUT2D eigenvalue weighted by atomic mass is 9.71. The van der Waals surface area contributed by atoms with Crippen molar-refractivity contribution in [2.75, 3.05) is 32.8 Å². The van der Waals surface area contributed by atoms with E-state index in [9.17, 15) is 14.3 Å². The van der Waals surface area contributed by atoms with Crippen molar-refractivity contribution in [2.45, 2.75) is 26.3 Å². The molecule has 1 spiro atoms. The quantitative estimate of drug-likeness (QED) is 0.907. The Kier molecular flexibility index (Phi) is 5.13. The molecule has 0 saturated carbocycles. The number of halogens is 2. The molecule has 1 amide bonds. The monoisotopic (exact) mass is 354 g/mol. The molecule has 1 atom stereocenters. The van der Waals surface area contributed by atoms with E-state index in [1.807, 2.05) is 4.90 Å². The van der Waals surface area contributed by atoms with E-state index in [2.05, 4.69) is 4.90 Å². The van der Waals surface area contributed by atoms with Crippen molar-refractivity contribution in [3.8, 4) is 0 Å². The average molecular weight is 355 g/mol. The minimum atomic E-state index is -0.337. The van der Waals surface area contributed by atoms with E-state index in [-0.39, 0.29) is 34.7 Å². The summed E-state index contributed by atoms with van der Waals surface area (Å²) in [6.45, 7) is 5.31. The molecule has 24 heavy (non-hydrogen) atoms. The number of carbonyl (C=O) groups excluding carboxylic acids is 1. The van der Waals surface area contributed by atoms with Crippen LogP contribution in [0.2, 0.25) is 5.02 Å². The fraction of sp³-hybridized carbons (Fsp3) is 0.611. The standard InChI is InChI=1S/C18H24ClFN2O2/c1-13(24)22-10-15(11-23)18(12-22)5-7-21(8-6-18)9-14-3-2-4-16(19)17(14)20/h2-4,15,23H,5-12H2,1H3. The maximum atomic E-state index is 14.1. The van der Waals surface area contributed by atoms with Gasteiger partial charge >= 0.3 is 0 Å². The first kappa shape index (κ1) is 17.6. The van der Waals surface area contributed by atoms with E-state index in [1.54, 1.807) is 25.1 Å². The number of hydrogen-bond acceptors (Lipinski definition) is 3. The van der Waals surface area contributed by atoms with Gasteiger partial charge in [-0.15, -0.1) is 0 Å². The third-order valence-electron chi connectivity index (χ3n) is 5.76. The van der Waals surface area contributed by atoms with Gasteiger partial charge in [-0.2, -0.15) is 0 Å². The molecule has 2 fully saturated rings. The van der Waals surface area contributed by atoms with Gasteiger partial charge in [-0.05, 0) is 37.4 Å². The van der Waals surface area contributed by atoms with Gasteiger partial charge in [-0.3, -0.25) is 9.69 Å². The Balaban J connectivity index is 1.65. The van der Waals surface area contributed by atoms with Crippen LogP contribution >= 0.6 is 11.6 Å². The number of benzene rings is 1. The highest BCUT2D eigenvalue weighted by Gasteiger charge is 2.48. The lowest BCUT2D eigenvalue weighted by Crippen LogP contribution is -2.45. The maximum absolute atomic E-state index is 14.1. The molecule has 0 bridgehead atoms. The third kappa shape index (κ3) is 3.30. The molecule has 1 aromatic carbocycles. The number of aliphatic hydroxyl groups excluding tert-OH is 1. The Labute approximate surface area is 147 Å². The van der Waals surface area contributed by atoms with Crippen LogP contribution < -0.4 is 0 Å². The lowest BCUT2D eigenvalue weighted by Gasteiger charge is -2.42. The number of nitrogens with zero attached hydrogens (tertiary/aromatic N) is 2. The highest BCUT2D eigenvalue weighted by atomic mass is 35.5. The van der Waals surface area contributed by atoms with Crippen molar-refractivity contribution in [1.82, 2.24) is 9.80 Å². The van der Waals surface area contributed by atoms with E-state index in [1.165, 1.54) is 0 Å². The summed E-state index contributed by atoms with van der Waals surface area (Å²) in [5.41, 5.74) is 0.623. The molecule has 0 aliphatic carbocycles. The second kappa shape index (κ2) is 6.98. The first-order valence-electron chi connectivity index (χ1n) is 8.47. The Hall–Kier alpha value is -1.17. The van der Waals surface area contributed by atoms with E-state index in [0.29, 0.717) is 18.7 Å². The van der Waals surface area contributed by atoms with Gasteiger partial charge < -0.3 is 10.0 Å². The SMILES string of the molecule is CC(=O)N1CC(CO)C2(CCN(Cc3cccc(Cl)c3F)CC2)C1. The Morgan fingerprint density at radius 3 is 2.75 bits per heavy atom. The fourth-order valence-corrected chi connectivity index (χ4v) is 4.35. The number of hydrogen-bond donors (Lipinski definition) is 1. The highest BCUT2D eigenvalue weighted by Crippen LogP contribution is 2.44. The number of carbonyl (C=O) groups is 1. The summed E-state index contributed by atoms with van der Waals surface area (Å²) in [7, 11) is 0. The molecule has 6 heteroatoms. The van der Waals surface area contributed by atoms with Gasteiger partial charge in [-0.1, -0.05) is 23.7 Å². The highest BCUT2D eigenvalue weighted by molar-refractivity contribution is 6.30. The molecule has 2 heterocycles. The van der Waals surface area contributed by atoms with Gasteiger partial charge in [0.25, 0.3) is 0 Å². The van der Waals surface area contributed by atoms with Gasteiger partial charge in [0.05, 0.1) is 5.02 Å². The molecular weight excluding hydrogens is 331 g/mol. The van der Waals surface area contributed by atoms with Crippen molar-refractivity contribution in [3.63, 3.8) is 0 Å². The molecule has 1 unspecified atom stereocenters. The van der Waals surface area contributed by atoms with Crippen LogP contribution in [-0.2, 0) is 11.3 Å². The van der Waals surface area contributed by atoms with E-state index >= 15 is 0 Å². The fourth-order valence-electron chi connectivity index (χ4n) is 4.16. The second-order valence-electron chi connectivity index (χ2n) is 7.13. The minimum absolute atomic E-state index is 0.00377. The number of aliphatic hydroxyl groups is 1. The van der Waals surface area contributed by atoms with E-state index < -0.39 is 0 Å². The lowest BCUT2D eigenvalue weighted by molar-refractivity contribution is -0.128. The summed E-state index contributed by atoms with van der Waals surface area (Å²) >= 11 is 5.85. The van der Waals surface area contributed by atoms with Crippen molar-refractivity contribution >= 4 is 17.5 Å². The van der Waals surface area contributed by atoms with Crippen molar-refractivity contribution in [2.24, 2.45) is 11.3 Å². The first-order chi connectivity index (χ1) is 11.4. The smallest absolute Gasteiger partial charge is 0.219 e. The van der Waals surface area contributed by atoms with Gasteiger partial charge in [0.1, 0.15) is 5.82 Å². The molecule has 0 radical (unpaired) electrons. The summed E-state index contributed by atoms with van der Waals surface area (Å²) in [6.07, 6.45) is 1.84. The predicted octanol–water partition coefficient (Wildman–Crippen LogP) is 2.53. The molecule has 3 rings (SSSR count). The second-order valence-corrected chi connectivity index (χ2v) is 7.54. The number of amides is 1. The largest absolute Gasteiger partial charge is 0.396 e.